The van der Waals surface area contributed by atoms with Crippen LogP contribution in [-0.4, -0.2) is 47.4 Å². The number of likely N-dealkylation sites (N-methyl/N-ethyl adjacent to an activating group) is 1. The Balaban J connectivity index is 1.38. The van der Waals surface area contributed by atoms with Gasteiger partial charge in [-0.1, -0.05) is 66.7 Å². The van der Waals surface area contributed by atoms with Gasteiger partial charge in [0.1, 0.15) is 0 Å². The van der Waals surface area contributed by atoms with Crippen LogP contribution in [0.4, 0.5) is 5.69 Å². The number of hydrogen-bond donors (Lipinski definition) is 1. The lowest BCUT2D eigenvalue weighted by Crippen LogP contribution is -2.37. The van der Waals surface area contributed by atoms with Crippen molar-refractivity contribution in [3.8, 4) is 0 Å². The summed E-state index contributed by atoms with van der Waals surface area (Å²) in [6.45, 7) is 3.82. The van der Waals surface area contributed by atoms with Gasteiger partial charge in [0, 0.05) is 36.4 Å². The van der Waals surface area contributed by atoms with Gasteiger partial charge >= 0.3 is 5.97 Å². The molecule has 1 aromatic heterocycles. The summed E-state index contributed by atoms with van der Waals surface area (Å²) in [6.07, 6.45) is 1.76. The summed E-state index contributed by atoms with van der Waals surface area (Å²) in [5.41, 5.74) is 5.02. The molecule has 0 bridgehead atoms. The summed E-state index contributed by atoms with van der Waals surface area (Å²) < 4.78 is 7.34. The van der Waals surface area contributed by atoms with Crippen LogP contribution in [0, 0.1) is 13.8 Å². The molecule has 184 valence electrons. The van der Waals surface area contributed by atoms with E-state index in [1.165, 1.54) is 11.9 Å². The monoisotopic (exact) mass is 483 g/mol. The minimum absolute atomic E-state index is 0.152. The second-order valence-electron chi connectivity index (χ2n) is 8.81. The zero-order valence-electron chi connectivity index (χ0n) is 20.7. The third-order valence-corrected chi connectivity index (χ3v) is 6.08. The van der Waals surface area contributed by atoms with Gasteiger partial charge in [0.05, 0.1) is 12.1 Å². The molecule has 7 heteroatoms. The Hall–Kier alpha value is -4.39. The Kier molecular flexibility index (Phi) is 7.49. The molecule has 1 N–H and O–H groups in total. The summed E-state index contributed by atoms with van der Waals surface area (Å²) in [5, 5.41) is 3.61. The van der Waals surface area contributed by atoms with Gasteiger partial charge < -0.3 is 19.5 Å². The second-order valence-corrected chi connectivity index (χ2v) is 8.81. The summed E-state index contributed by atoms with van der Waals surface area (Å²) in [5.74, 6) is -1.37. The Morgan fingerprint density at radius 1 is 0.889 bits per heavy atom. The number of anilines is 1. The number of aromatic nitrogens is 1. The molecule has 2 amide bonds. The van der Waals surface area contributed by atoms with E-state index in [0.29, 0.717) is 12.1 Å². The standard InChI is InChI=1S/C29H29N3O4/c1-20-10-9-11-21(2)28(20)30-26(33)18-31(3)27(34)19-36-29(35)24-17-32(16-22-12-5-4-6-13-22)25-15-8-7-14-23(24)25/h4-15,17H,16,18-19H2,1-3H3,(H,30,33). The first kappa shape index (κ1) is 24.7. The van der Waals surface area contributed by atoms with Gasteiger partial charge in [-0.3, -0.25) is 9.59 Å². The number of carbonyl (C=O) groups is 3. The molecule has 0 aliphatic carbocycles. The Labute approximate surface area is 210 Å². The van der Waals surface area contributed by atoms with Crippen LogP contribution in [-0.2, 0) is 20.9 Å². The highest BCUT2D eigenvalue weighted by atomic mass is 16.5. The molecule has 4 aromatic rings. The minimum Gasteiger partial charge on any atom is -0.452 e. The van der Waals surface area contributed by atoms with Gasteiger partial charge in [-0.25, -0.2) is 4.79 Å². The summed E-state index contributed by atoms with van der Waals surface area (Å²) in [6, 6.07) is 23.3. The molecule has 0 atom stereocenters. The van der Waals surface area contributed by atoms with E-state index >= 15 is 0 Å². The van der Waals surface area contributed by atoms with Crippen molar-refractivity contribution in [2.45, 2.75) is 20.4 Å². The van der Waals surface area contributed by atoms with Crippen LogP contribution in [0.5, 0.6) is 0 Å². The maximum absolute atomic E-state index is 12.9. The first-order chi connectivity index (χ1) is 17.3. The van der Waals surface area contributed by atoms with Crippen molar-refractivity contribution in [3.63, 3.8) is 0 Å². The molecule has 0 aliphatic heterocycles. The molecular formula is C29H29N3O4. The molecule has 0 saturated carbocycles. The van der Waals surface area contributed by atoms with Gasteiger partial charge in [0.15, 0.2) is 6.61 Å². The number of benzene rings is 3. The maximum Gasteiger partial charge on any atom is 0.340 e. The van der Waals surface area contributed by atoms with E-state index in [-0.39, 0.29) is 12.5 Å². The molecule has 0 aliphatic rings. The predicted molar refractivity (Wildman–Crippen MR) is 140 cm³/mol. The van der Waals surface area contributed by atoms with E-state index in [1.54, 1.807) is 6.20 Å². The third kappa shape index (κ3) is 5.63. The van der Waals surface area contributed by atoms with Crippen molar-refractivity contribution in [3.05, 3.63) is 101 Å². The van der Waals surface area contributed by atoms with Crippen molar-refractivity contribution < 1.29 is 19.1 Å². The molecule has 4 rings (SSSR count). The predicted octanol–water partition coefficient (Wildman–Crippen LogP) is 4.56. The smallest absolute Gasteiger partial charge is 0.340 e. The maximum atomic E-state index is 12.9. The minimum atomic E-state index is -0.584. The number of amides is 2. The van der Waals surface area contributed by atoms with Gasteiger partial charge in [-0.05, 0) is 36.6 Å². The number of carbonyl (C=O) groups excluding carboxylic acids is 3. The molecule has 0 spiro atoms. The number of para-hydroxylation sites is 2. The van der Waals surface area contributed by atoms with Crippen LogP contribution in [0.25, 0.3) is 10.9 Å². The van der Waals surface area contributed by atoms with Gasteiger partial charge in [0.25, 0.3) is 5.91 Å². The molecule has 1 heterocycles. The Morgan fingerprint density at radius 2 is 1.56 bits per heavy atom. The number of fused-ring (bicyclic) bond motifs is 1. The number of nitrogens with zero attached hydrogens (tertiary/aromatic N) is 2. The van der Waals surface area contributed by atoms with Gasteiger partial charge in [-0.15, -0.1) is 0 Å². The fraction of sp³-hybridized carbons (Fsp3) is 0.207. The van der Waals surface area contributed by atoms with Crippen molar-refractivity contribution in [1.82, 2.24) is 9.47 Å². The summed E-state index contributed by atoms with van der Waals surface area (Å²) >= 11 is 0. The quantitative estimate of drug-likeness (QED) is 0.373. The van der Waals surface area contributed by atoms with E-state index in [2.05, 4.69) is 5.32 Å². The van der Waals surface area contributed by atoms with Crippen molar-refractivity contribution in [1.29, 1.82) is 0 Å². The lowest BCUT2D eigenvalue weighted by atomic mass is 10.1. The molecule has 7 nitrogen and oxygen atoms in total. The van der Waals surface area contributed by atoms with E-state index in [9.17, 15) is 14.4 Å². The van der Waals surface area contributed by atoms with Crippen molar-refractivity contribution in [2.24, 2.45) is 0 Å². The fourth-order valence-corrected chi connectivity index (χ4v) is 4.13. The largest absolute Gasteiger partial charge is 0.452 e. The molecule has 0 saturated heterocycles. The number of esters is 1. The molecule has 3 aromatic carbocycles. The summed E-state index contributed by atoms with van der Waals surface area (Å²) in [4.78, 5) is 39.2. The number of aryl methyl sites for hydroxylation is 2. The Morgan fingerprint density at radius 3 is 2.28 bits per heavy atom. The van der Waals surface area contributed by atoms with Gasteiger partial charge in [0.2, 0.25) is 5.91 Å². The molecule has 0 fully saturated rings. The van der Waals surface area contributed by atoms with Gasteiger partial charge in [-0.2, -0.15) is 0 Å². The number of rotatable bonds is 8. The third-order valence-electron chi connectivity index (χ3n) is 6.08. The highest BCUT2D eigenvalue weighted by molar-refractivity contribution is 6.05. The van der Waals surface area contributed by atoms with Crippen molar-refractivity contribution >= 4 is 34.4 Å². The first-order valence-corrected chi connectivity index (χ1v) is 11.7. The molecular weight excluding hydrogens is 454 g/mol. The summed E-state index contributed by atoms with van der Waals surface area (Å²) in [7, 11) is 1.51. The number of nitrogens with one attached hydrogen (secondary N) is 1. The first-order valence-electron chi connectivity index (χ1n) is 11.7. The lowest BCUT2D eigenvalue weighted by Gasteiger charge is -2.18. The molecule has 36 heavy (non-hydrogen) atoms. The number of hydrogen-bond acceptors (Lipinski definition) is 4. The van der Waals surface area contributed by atoms with Crippen LogP contribution in [0.3, 0.4) is 0 Å². The second kappa shape index (κ2) is 10.9. The van der Waals surface area contributed by atoms with Crippen LogP contribution in [0.1, 0.15) is 27.0 Å². The molecule has 0 radical (unpaired) electrons. The average molecular weight is 484 g/mol. The number of ether oxygens (including phenoxy) is 1. The van der Waals surface area contributed by atoms with Crippen LogP contribution in [0.15, 0.2) is 79.0 Å². The van der Waals surface area contributed by atoms with Crippen LogP contribution < -0.4 is 5.32 Å². The topological polar surface area (TPSA) is 80.6 Å². The Bertz CT molecular complexity index is 1390. The van der Waals surface area contributed by atoms with Crippen molar-refractivity contribution in [2.75, 3.05) is 25.5 Å². The van der Waals surface area contributed by atoms with E-state index < -0.39 is 18.5 Å². The zero-order valence-corrected chi connectivity index (χ0v) is 20.7. The van der Waals surface area contributed by atoms with E-state index in [0.717, 1.165) is 33.3 Å². The zero-order chi connectivity index (χ0) is 25.7. The highest BCUT2D eigenvalue weighted by Gasteiger charge is 2.20. The highest BCUT2D eigenvalue weighted by Crippen LogP contribution is 2.23. The van der Waals surface area contributed by atoms with Crippen LogP contribution >= 0.6 is 0 Å². The SMILES string of the molecule is Cc1cccc(C)c1NC(=O)CN(C)C(=O)COC(=O)c1cn(Cc2ccccc2)c2ccccc12. The normalized spacial score (nSPS) is 10.8. The van der Waals surface area contributed by atoms with Crippen LogP contribution in [0.2, 0.25) is 0 Å². The lowest BCUT2D eigenvalue weighted by molar-refractivity contribution is -0.136. The average Bonchev–Trinajstić information content (AvgIpc) is 3.23. The van der Waals surface area contributed by atoms with E-state index in [4.69, 9.17) is 4.74 Å². The van der Waals surface area contributed by atoms with E-state index in [1.807, 2.05) is 91.2 Å². The fourth-order valence-electron chi connectivity index (χ4n) is 4.13. The molecule has 0 unspecified atom stereocenters.